The van der Waals surface area contributed by atoms with Crippen LogP contribution in [-0.4, -0.2) is 26.6 Å². The first-order chi connectivity index (χ1) is 10.7. The summed E-state index contributed by atoms with van der Waals surface area (Å²) in [5.41, 5.74) is 2.86. The van der Waals surface area contributed by atoms with E-state index in [-0.39, 0.29) is 5.91 Å². The third-order valence-electron chi connectivity index (χ3n) is 3.04. The smallest absolute Gasteiger partial charge is 0.227 e. The van der Waals surface area contributed by atoms with Gasteiger partial charge in [0.15, 0.2) is 0 Å². The lowest BCUT2D eigenvalue weighted by atomic mass is 10.3. The van der Waals surface area contributed by atoms with Gasteiger partial charge in [-0.2, -0.15) is 11.8 Å². The highest BCUT2D eigenvalue weighted by Crippen LogP contribution is 2.16. The molecule has 1 aromatic carbocycles. The first-order valence-electron chi connectivity index (χ1n) is 6.94. The first-order valence-corrected chi connectivity index (χ1v) is 8.97. The van der Waals surface area contributed by atoms with E-state index in [1.165, 1.54) is 0 Å². The summed E-state index contributed by atoms with van der Waals surface area (Å²) in [6, 6.07) is 7.70. The number of carbonyl (C=O) groups excluding carboxylic acids is 1. The molecule has 1 amide bonds. The number of nitrogens with one attached hydrogen (secondary N) is 2. The average molecular weight is 332 g/mol. The molecule has 2 N–H and O–H groups in total. The number of amides is 1. The van der Waals surface area contributed by atoms with Crippen LogP contribution < -0.4 is 5.32 Å². The zero-order chi connectivity index (χ0) is 15.4. The fourth-order valence-electron chi connectivity index (χ4n) is 2.02. The minimum Gasteiger partial charge on any atom is -0.324 e. The molecule has 0 atom stereocenters. The number of imidazole rings is 1. The summed E-state index contributed by atoms with van der Waals surface area (Å²) in [7, 11) is 0. The highest BCUT2D eigenvalue weighted by atomic mass is 32.2. The molecule has 0 bridgehead atoms. The van der Waals surface area contributed by atoms with Crippen molar-refractivity contribution in [2.75, 3.05) is 11.1 Å². The molecule has 0 spiro atoms. The summed E-state index contributed by atoms with van der Waals surface area (Å²) in [5, 5.41) is 5.95. The van der Waals surface area contributed by atoms with Crippen LogP contribution in [0, 0.1) is 6.92 Å². The number of thiazole rings is 1. The Bertz CT molecular complexity index is 748. The highest BCUT2D eigenvalue weighted by molar-refractivity contribution is 7.98. The molecule has 2 heterocycles. The number of carbonyl (C=O) groups is 1. The second kappa shape index (κ2) is 6.93. The Morgan fingerprint density at radius 2 is 2.23 bits per heavy atom. The molecular weight excluding hydrogens is 316 g/mol. The van der Waals surface area contributed by atoms with Crippen molar-refractivity contribution < 1.29 is 4.79 Å². The zero-order valence-electron chi connectivity index (χ0n) is 12.1. The van der Waals surface area contributed by atoms with Crippen LogP contribution in [-0.2, 0) is 10.5 Å². The number of H-pyrrole nitrogens is 1. The Labute approximate surface area is 136 Å². The number of hydrogen-bond acceptors (Lipinski definition) is 5. The van der Waals surface area contributed by atoms with Crippen molar-refractivity contribution in [3.63, 3.8) is 0 Å². The Morgan fingerprint density at radius 1 is 1.36 bits per heavy atom. The second-order valence-electron chi connectivity index (χ2n) is 4.81. The molecular formula is C15H16N4OS2. The predicted octanol–water partition coefficient (Wildman–Crippen LogP) is 3.59. The van der Waals surface area contributed by atoms with Gasteiger partial charge in [-0.15, -0.1) is 11.3 Å². The monoisotopic (exact) mass is 332 g/mol. The zero-order valence-corrected chi connectivity index (χ0v) is 13.8. The number of nitrogens with zero attached hydrogens (tertiary/aromatic N) is 2. The van der Waals surface area contributed by atoms with Crippen LogP contribution in [0.4, 0.5) is 5.95 Å². The van der Waals surface area contributed by atoms with E-state index in [1.807, 2.05) is 31.2 Å². The highest BCUT2D eigenvalue weighted by Gasteiger charge is 2.07. The van der Waals surface area contributed by atoms with Gasteiger partial charge in [0.05, 0.1) is 21.7 Å². The maximum atomic E-state index is 11.9. The number of thioether (sulfide) groups is 1. The average Bonchev–Trinajstić information content (AvgIpc) is 3.09. The van der Waals surface area contributed by atoms with Gasteiger partial charge in [-0.25, -0.2) is 9.97 Å². The van der Waals surface area contributed by atoms with Gasteiger partial charge in [-0.3, -0.25) is 10.1 Å². The number of hydrogen-bond donors (Lipinski definition) is 2. The maximum Gasteiger partial charge on any atom is 0.227 e. The lowest BCUT2D eigenvalue weighted by molar-refractivity contribution is -0.115. The van der Waals surface area contributed by atoms with Gasteiger partial charge in [0.2, 0.25) is 11.9 Å². The van der Waals surface area contributed by atoms with Gasteiger partial charge < -0.3 is 4.98 Å². The van der Waals surface area contributed by atoms with Crippen LogP contribution in [0.1, 0.15) is 17.1 Å². The normalized spacial score (nSPS) is 11.0. The van der Waals surface area contributed by atoms with Crippen molar-refractivity contribution in [2.45, 2.75) is 19.1 Å². The van der Waals surface area contributed by atoms with E-state index < -0.39 is 0 Å². The molecule has 3 rings (SSSR count). The minimum absolute atomic E-state index is 0.0268. The van der Waals surface area contributed by atoms with Crippen LogP contribution in [0.3, 0.4) is 0 Å². The van der Waals surface area contributed by atoms with Crippen LogP contribution >= 0.6 is 23.1 Å². The van der Waals surface area contributed by atoms with Crippen molar-refractivity contribution in [2.24, 2.45) is 0 Å². The van der Waals surface area contributed by atoms with Crippen LogP contribution in [0.15, 0.2) is 29.6 Å². The summed E-state index contributed by atoms with van der Waals surface area (Å²) < 4.78 is 0. The summed E-state index contributed by atoms with van der Waals surface area (Å²) in [6.45, 7) is 2.00. The molecule has 5 nitrogen and oxygen atoms in total. The van der Waals surface area contributed by atoms with Gasteiger partial charge in [0.25, 0.3) is 0 Å². The van der Waals surface area contributed by atoms with Crippen LogP contribution in [0.2, 0.25) is 0 Å². The van der Waals surface area contributed by atoms with E-state index in [0.29, 0.717) is 12.4 Å². The van der Waals surface area contributed by atoms with Gasteiger partial charge in [0, 0.05) is 23.3 Å². The SMILES string of the molecule is Cc1nc(CSCCC(=O)Nc2nc3ccccc3[nH]2)cs1. The number of aryl methyl sites for hydroxylation is 1. The van der Waals surface area contributed by atoms with Crippen molar-refractivity contribution in [3.8, 4) is 0 Å². The standard InChI is InChI=1S/C15H16N4OS2/c1-10-16-11(9-22-10)8-21-7-6-14(20)19-15-17-12-4-2-3-5-13(12)18-15/h2-5,9H,6-8H2,1H3,(H2,17,18,19,20). The molecule has 0 saturated carbocycles. The van der Waals surface area contributed by atoms with Crippen LogP contribution in [0.5, 0.6) is 0 Å². The lowest BCUT2D eigenvalue weighted by Crippen LogP contribution is -2.13. The fourth-order valence-corrected chi connectivity index (χ4v) is 3.57. The maximum absolute atomic E-state index is 11.9. The van der Waals surface area contributed by atoms with E-state index >= 15 is 0 Å². The molecule has 0 aliphatic carbocycles. The number of aromatic nitrogens is 3. The third-order valence-corrected chi connectivity index (χ3v) is 4.85. The first kappa shape index (κ1) is 15.1. The Hall–Kier alpha value is -1.86. The van der Waals surface area contributed by atoms with Crippen LogP contribution in [0.25, 0.3) is 11.0 Å². The Morgan fingerprint density at radius 3 is 3.00 bits per heavy atom. The quantitative estimate of drug-likeness (QED) is 0.677. The molecule has 114 valence electrons. The van der Waals surface area contributed by atoms with E-state index in [2.05, 4.69) is 25.6 Å². The van der Waals surface area contributed by atoms with Gasteiger partial charge in [-0.1, -0.05) is 12.1 Å². The number of rotatable bonds is 6. The van der Waals surface area contributed by atoms with Crippen molar-refractivity contribution in [1.82, 2.24) is 15.0 Å². The van der Waals surface area contributed by atoms with E-state index in [0.717, 1.165) is 33.2 Å². The number of aromatic amines is 1. The Kier molecular flexibility index (Phi) is 4.74. The fraction of sp³-hybridized carbons (Fsp3) is 0.267. The number of para-hydroxylation sites is 2. The predicted molar refractivity (Wildman–Crippen MR) is 92.4 cm³/mol. The number of benzene rings is 1. The van der Waals surface area contributed by atoms with E-state index in [9.17, 15) is 4.79 Å². The third kappa shape index (κ3) is 3.86. The van der Waals surface area contributed by atoms with E-state index in [4.69, 9.17) is 0 Å². The van der Waals surface area contributed by atoms with Gasteiger partial charge in [-0.05, 0) is 19.1 Å². The molecule has 0 aliphatic heterocycles. The molecule has 22 heavy (non-hydrogen) atoms. The molecule has 7 heteroatoms. The summed E-state index contributed by atoms with van der Waals surface area (Å²) in [4.78, 5) is 23.7. The minimum atomic E-state index is -0.0268. The van der Waals surface area contributed by atoms with Crippen molar-refractivity contribution in [1.29, 1.82) is 0 Å². The van der Waals surface area contributed by atoms with Crippen molar-refractivity contribution in [3.05, 3.63) is 40.3 Å². The molecule has 0 fully saturated rings. The molecule has 3 aromatic rings. The molecule has 0 unspecified atom stereocenters. The summed E-state index contributed by atoms with van der Waals surface area (Å²) in [5.74, 6) is 2.09. The van der Waals surface area contributed by atoms with Gasteiger partial charge >= 0.3 is 0 Å². The topological polar surface area (TPSA) is 70.7 Å². The molecule has 0 saturated heterocycles. The van der Waals surface area contributed by atoms with E-state index in [1.54, 1.807) is 23.1 Å². The second-order valence-corrected chi connectivity index (χ2v) is 6.98. The van der Waals surface area contributed by atoms with Crippen molar-refractivity contribution >= 4 is 46.0 Å². The van der Waals surface area contributed by atoms with Gasteiger partial charge in [0.1, 0.15) is 0 Å². The molecule has 2 aromatic heterocycles. The Balaban J connectivity index is 1.44. The number of anilines is 1. The largest absolute Gasteiger partial charge is 0.324 e. The lowest BCUT2D eigenvalue weighted by Gasteiger charge is -2.01. The molecule has 0 radical (unpaired) electrons. The number of fused-ring (bicyclic) bond motifs is 1. The summed E-state index contributed by atoms with van der Waals surface area (Å²) >= 11 is 3.37. The summed E-state index contributed by atoms with van der Waals surface area (Å²) in [6.07, 6.45) is 0.463. The molecule has 0 aliphatic rings.